The van der Waals surface area contributed by atoms with Crippen molar-refractivity contribution in [1.82, 2.24) is 0 Å². The summed E-state index contributed by atoms with van der Waals surface area (Å²) in [6.07, 6.45) is -0.197. The highest BCUT2D eigenvalue weighted by atomic mass is 19.3. The van der Waals surface area contributed by atoms with Crippen LogP contribution in [0.15, 0.2) is 0 Å². The monoisotopic (exact) mass is 342 g/mol. The Morgan fingerprint density at radius 2 is 1.22 bits per heavy atom. The zero-order valence-electron chi connectivity index (χ0n) is 13.0. The van der Waals surface area contributed by atoms with Crippen LogP contribution in [0.3, 0.4) is 0 Å². The number of esters is 1. The summed E-state index contributed by atoms with van der Waals surface area (Å²) >= 11 is 0. The summed E-state index contributed by atoms with van der Waals surface area (Å²) < 4.78 is 54.6. The third-order valence-electron chi connectivity index (χ3n) is 4.32. The Bertz CT molecular complexity index is 406. The number of aliphatic carboxylic acids is 1. The molecule has 0 aromatic heterocycles. The van der Waals surface area contributed by atoms with Crippen molar-refractivity contribution in [3.05, 3.63) is 0 Å². The van der Waals surface area contributed by atoms with E-state index in [9.17, 15) is 27.2 Å². The van der Waals surface area contributed by atoms with Gasteiger partial charge in [0.15, 0.2) is 0 Å². The van der Waals surface area contributed by atoms with E-state index < -0.39 is 23.7 Å². The molecule has 134 valence electrons. The van der Waals surface area contributed by atoms with Crippen LogP contribution in [-0.4, -0.2) is 36.0 Å². The first-order valence-corrected chi connectivity index (χ1v) is 7.62. The quantitative estimate of drug-likeness (QED) is 0.611. The SMILES string of the molecule is COC(=O)C1CCC(F)(F)CC1.O=C(O)C1CCC(F)(F)CC1. The molecular formula is C15H22F4O4. The van der Waals surface area contributed by atoms with E-state index in [-0.39, 0.29) is 63.3 Å². The normalized spacial score (nSPS) is 24.2. The molecule has 4 nitrogen and oxygen atoms in total. The third kappa shape index (κ3) is 6.74. The highest BCUT2D eigenvalue weighted by Gasteiger charge is 2.38. The van der Waals surface area contributed by atoms with E-state index >= 15 is 0 Å². The van der Waals surface area contributed by atoms with Gasteiger partial charge in [-0.25, -0.2) is 17.6 Å². The van der Waals surface area contributed by atoms with Crippen molar-refractivity contribution in [2.75, 3.05) is 7.11 Å². The molecule has 2 aliphatic rings. The van der Waals surface area contributed by atoms with Gasteiger partial charge in [-0.15, -0.1) is 0 Å². The maximum Gasteiger partial charge on any atom is 0.308 e. The molecule has 2 fully saturated rings. The van der Waals surface area contributed by atoms with Gasteiger partial charge in [-0.05, 0) is 25.7 Å². The summed E-state index contributed by atoms with van der Waals surface area (Å²) in [5, 5.41) is 8.46. The fraction of sp³-hybridized carbons (Fsp3) is 0.867. The van der Waals surface area contributed by atoms with E-state index in [2.05, 4.69) is 4.74 Å². The van der Waals surface area contributed by atoms with Crippen LogP contribution in [0.4, 0.5) is 17.6 Å². The standard InChI is InChI=1S/C8H12F2O2.C7H10F2O2/c1-12-7(11)6-2-4-8(9,10)5-3-6;8-7(9)3-1-5(2-4-7)6(10)11/h6H,2-5H2,1H3;5H,1-4H2,(H,10,11). The number of halogens is 4. The van der Waals surface area contributed by atoms with E-state index in [0.29, 0.717) is 0 Å². The van der Waals surface area contributed by atoms with Crippen LogP contribution in [0.2, 0.25) is 0 Å². The van der Waals surface area contributed by atoms with Gasteiger partial charge in [0, 0.05) is 25.7 Å². The predicted octanol–water partition coefficient (Wildman–Crippen LogP) is 3.88. The maximum atomic E-state index is 12.6. The summed E-state index contributed by atoms with van der Waals surface area (Å²) in [5.74, 6) is -7.34. The van der Waals surface area contributed by atoms with Crippen LogP contribution in [0.1, 0.15) is 51.4 Å². The highest BCUT2D eigenvalue weighted by molar-refractivity contribution is 5.72. The molecule has 0 heterocycles. The summed E-state index contributed by atoms with van der Waals surface area (Å²) in [6.45, 7) is 0. The number of alkyl halides is 4. The van der Waals surface area contributed by atoms with Gasteiger partial charge >= 0.3 is 11.9 Å². The molecule has 0 aromatic carbocycles. The number of carboxylic acids is 1. The number of ether oxygens (including phenoxy) is 1. The van der Waals surface area contributed by atoms with E-state index in [0.717, 1.165) is 0 Å². The average molecular weight is 342 g/mol. The Hall–Kier alpha value is -1.34. The molecule has 0 saturated heterocycles. The Morgan fingerprint density at radius 1 is 0.870 bits per heavy atom. The van der Waals surface area contributed by atoms with Crippen molar-refractivity contribution in [2.24, 2.45) is 11.8 Å². The van der Waals surface area contributed by atoms with E-state index in [1.807, 2.05) is 0 Å². The molecule has 2 saturated carbocycles. The van der Waals surface area contributed by atoms with Crippen LogP contribution in [0.5, 0.6) is 0 Å². The maximum absolute atomic E-state index is 12.6. The first kappa shape index (κ1) is 19.7. The Balaban J connectivity index is 0.000000231. The Labute approximate surface area is 132 Å². The van der Waals surface area contributed by atoms with Gasteiger partial charge in [0.05, 0.1) is 18.9 Å². The molecule has 2 rings (SSSR count). The smallest absolute Gasteiger partial charge is 0.308 e. The first-order valence-electron chi connectivity index (χ1n) is 7.62. The predicted molar refractivity (Wildman–Crippen MR) is 73.5 cm³/mol. The molecule has 0 spiro atoms. The van der Waals surface area contributed by atoms with Gasteiger partial charge in [-0.2, -0.15) is 0 Å². The number of rotatable bonds is 2. The number of methoxy groups -OCH3 is 1. The van der Waals surface area contributed by atoms with Gasteiger partial charge in [0.1, 0.15) is 0 Å². The molecule has 0 radical (unpaired) electrons. The van der Waals surface area contributed by atoms with Crippen molar-refractivity contribution in [3.63, 3.8) is 0 Å². The van der Waals surface area contributed by atoms with Gasteiger partial charge in [-0.3, -0.25) is 9.59 Å². The number of carbonyl (C=O) groups is 2. The van der Waals surface area contributed by atoms with Crippen molar-refractivity contribution in [3.8, 4) is 0 Å². The van der Waals surface area contributed by atoms with Crippen LogP contribution in [0, 0.1) is 11.8 Å². The Morgan fingerprint density at radius 3 is 1.52 bits per heavy atom. The fourth-order valence-corrected chi connectivity index (χ4v) is 2.73. The van der Waals surface area contributed by atoms with Crippen molar-refractivity contribution < 1.29 is 37.0 Å². The van der Waals surface area contributed by atoms with Crippen molar-refractivity contribution in [1.29, 1.82) is 0 Å². The van der Waals surface area contributed by atoms with Crippen LogP contribution >= 0.6 is 0 Å². The van der Waals surface area contributed by atoms with Crippen LogP contribution in [-0.2, 0) is 14.3 Å². The molecule has 0 unspecified atom stereocenters. The Kier molecular flexibility index (Phi) is 6.83. The number of hydrogen-bond donors (Lipinski definition) is 1. The van der Waals surface area contributed by atoms with Gasteiger partial charge in [0.2, 0.25) is 11.8 Å². The lowest BCUT2D eigenvalue weighted by molar-refractivity contribution is -0.149. The molecule has 23 heavy (non-hydrogen) atoms. The minimum Gasteiger partial charge on any atom is -0.481 e. The molecule has 0 bridgehead atoms. The lowest BCUT2D eigenvalue weighted by Crippen LogP contribution is -2.29. The summed E-state index contributed by atoms with van der Waals surface area (Å²) in [4.78, 5) is 21.2. The molecule has 2 aliphatic carbocycles. The second kappa shape index (κ2) is 7.97. The summed E-state index contributed by atoms with van der Waals surface area (Å²) in [7, 11) is 1.29. The lowest BCUT2D eigenvalue weighted by Gasteiger charge is -2.26. The first-order chi connectivity index (χ1) is 10.6. The zero-order valence-corrected chi connectivity index (χ0v) is 13.0. The second-order valence-electron chi connectivity index (χ2n) is 6.12. The van der Waals surface area contributed by atoms with E-state index in [1.165, 1.54) is 7.11 Å². The van der Waals surface area contributed by atoms with Crippen molar-refractivity contribution >= 4 is 11.9 Å². The van der Waals surface area contributed by atoms with Crippen molar-refractivity contribution in [2.45, 2.75) is 63.2 Å². The molecule has 0 aromatic rings. The minimum absolute atomic E-state index is 0.113. The average Bonchev–Trinajstić information content (AvgIpc) is 2.46. The number of carboxylic acid groups (broad SMARTS) is 1. The highest BCUT2D eigenvalue weighted by Crippen LogP contribution is 2.37. The van der Waals surface area contributed by atoms with Gasteiger partial charge in [-0.1, -0.05) is 0 Å². The molecule has 0 amide bonds. The largest absolute Gasteiger partial charge is 0.481 e. The topological polar surface area (TPSA) is 63.6 Å². The van der Waals surface area contributed by atoms with E-state index in [4.69, 9.17) is 5.11 Å². The fourth-order valence-electron chi connectivity index (χ4n) is 2.73. The lowest BCUT2D eigenvalue weighted by atomic mass is 9.87. The molecule has 0 aliphatic heterocycles. The second-order valence-corrected chi connectivity index (χ2v) is 6.12. The van der Waals surface area contributed by atoms with Gasteiger partial charge in [0.25, 0.3) is 0 Å². The van der Waals surface area contributed by atoms with Crippen LogP contribution in [0.25, 0.3) is 0 Å². The molecule has 0 atom stereocenters. The zero-order chi connectivity index (χ0) is 17.7. The molecule has 8 heteroatoms. The summed E-state index contributed by atoms with van der Waals surface area (Å²) in [5.41, 5.74) is 0. The van der Waals surface area contributed by atoms with E-state index in [1.54, 1.807) is 0 Å². The molecular weight excluding hydrogens is 320 g/mol. The number of carbonyl (C=O) groups excluding carboxylic acids is 1. The number of hydrogen-bond acceptors (Lipinski definition) is 3. The van der Waals surface area contributed by atoms with Gasteiger partial charge < -0.3 is 9.84 Å². The summed E-state index contributed by atoms with van der Waals surface area (Å²) in [6, 6.07) is 0. The third-order valence-corrected chi connectivity index (χ3v) is 4.32. The molecule has 1 N–H and O–H groups in total. The van der Waals surface area contributed by atoms with Crippen LogP contribution < -0.4 is 0 Å². The minimum atomic E-state index is -2.62.